The Kier molecular flexibility index (Phi) is 7.78. The summed E-state index contributed by atoms with van der Waals surface area (Å²) in [6, 6.07) is 8.50. The van der Waals surface area contributed by atoms with E-state index in [0.717, 1.165) is 32.6 Å². The topological polar surface area (TPSA) is 21.3 Å². The van der Waals surface area contributed by atoms with Gasteiger partial charge >= 0.3 is 0 Å². The quantitative estimate of drug-likeness (QED) is 0.689. The Bertz CT molecular complexity index is 387. The molecule has 0 bridgehead atoms. The van der Waals surface area contributed by atoms with Gasteiger partial charge in [-0.1, -0.05) is 41.1 Å². The van der Waals surface area contributed by atoms with Crippen LogP contribution >= 0.6 is 15.9 Å². The Balaban J connectivity index is 2.66. The molecule has 0 aliphatic rings. The second-order valence-electron chi connectivity index (χ2n) is 6.25. The van der Waals surface area contributed by atoms with E-state index < -0.39 is 0 Å². The van der Waals surface area contributed by atoms with Crippen molar-refractivity contribution < 1.29 is 4.74 Å². The molecule has 1 unspecified atom stereocenters. The van der Waals surface area contributed by atoms with Crippen molar-refractivity contribution in [3.8, 4) is 0 Å². The molecule has 3 heteroatoms. The molecule has 114 valence electrons. The second-order valence-corrected chi connectivity index (χ2v) is 7.10. The van der Waals surface area contributed by atoms with Gasteiger partial charge in [0.15, 0.2) is 0 Å². The highest BCUT2D eigenvalue weighted by atomic mass is 79.9. The molecule has 0 saturated heterocycles. The third-order valence-electron chi connectivity index (χ3n) is 3.18. The summed E-state index contributed by atoms with van der Waals surface area (Å²) in [7, 11) is 0. The molecule has 2 nitrogen and oxygen atoms in total. The van der Waals surface area contributed by atoms with Gasteiger partial charge in [0.05, 0.1) is 0 Å². The molecule has 0 aliphatic heterocycles. The Morgan fingerprint density at radius 1 is 1.20 bits per heavy atom. The molecule has 20 heavy (non-hydrogen) atoms. The van der Waals surface area contributed by atoms with E-state index in [1.165, 1.54) is 10.0 Å². The van der Waals surface area contributed by atoms with Crippen molar-refractivity contribution in [3.05, 3.63) is 34.3 Å². The fourth-order valence-corrected chi connectivity index (χ4v) is 2.68. The molecule has 0 aliphatic carbocycles. The van der Waals surface area contributed by atoms with Gasteiger partial charge in [-0.2, -0.15) is 0 Å². The van der Waals surface area contributed by atoms with Gasteiger partial charge < -0.3 is 10.1 Å². The van der Waals surface area contributed by atoms with Crippen molar-refractivity contribution in [1.82, 2.24) is 5.32 Å². The van der Waals surface area contributed by atoms with Crippen LogP contribution in [-0.2, 0) is 4.74 Å². The number of hydrogen-bond acceptors (Lipinski definition) is 2. The molecule has 0 amide bonds. The minimum absolute atomic E-state index is 0.143. The van der Waals surface area contributed by atoms with Crippen LogP contribution in [0, 0.1) is 0 Å². The summed E-state index contributed by atoms with van der Waals surface area (Å²) in [4.78, 5) is 0. The second kappa shape index (κ2) is 8.81. The van der Waals surface area contributed by atoms with E-state index in [-0.39, 0.29) is 5.54 Å². The van der Waals surface area contributed by atoms with Gasteiger partial charge in [0, 0.05) is 29.8 Å². The van der Waals surface area contributed by atoms with Crippen LogP contribution in [0.15, 0.2) is 28.7 Å². The van der Waals surface area contributed by atoms with Crippen LogP contribution in [-0.4, -0.2) is 25.3 Å². The molecule has 1 aromatic rings. The monoisotopic (exact) mass is 341 g/mol. The minimum atomic E-state index is 0.143. The van der Waals surface area contributed by atoms with Gasteiger partial charge in [0.25, 0.3) is 0 Å². The van der Waals surface area contributed by atoms with E-state index >= 15 is 0 Å². The van der Waals surface area contributed by atoms with Crippen LogP contribution in [0.1, 0.15) is 52.0 Å². The van der Waals surface area contributed by atoms with E-state index in [9.17, 15) is 0 Å². The Hall–Kier alpha value is -0.380. The van der Waals surface area contributed by atoms with Gasteiger partial charge in [-0.15, -0.1) is 0 Å². The third kappa shape index (κ3) is 6.87. The maximum Gasteiger partial charge on any atom is 0.0472 e. The highest BCUT2D eigenvalue weighted by Crippen LogP contribution is 2.27. The number of halogens is 1. The van der Waals surface area contributed by atoms with Crippen LogP contribution in [0.5, 0.6) is 0 Å². The molecule has 0 fully saturated rings. The van der Waals surface area contributed by atoms with Crippen molar-refractivity contribution in [2.45, 2.75) is 52.0 Å². The lowest BCUT2D eigenvalue weighted by Gasteiger charge is -2.26. The Labute approximate surface area is 132 Å². The molecule has 0 radical (unpaired) electrons. The maximum atomic E-state index is 5.66. The first-order valence-corrected chi connectivity index (χ1v) is 8.30. The van der Waals surface area contributed by atoms with Crippen molar-refractivity contribution in [2.75, 3.05) is 19.8 Å². The first kappa shape index (κ1) is 17.7. The van der Waals surface area contributed by atoms with Gasteiger partial charge in [-0.3, -0.25) is 0 Å². The summed E-state index contributed by atoms with van der Waals surface area (Å²) < 4.78 is 6.85. The van der Waals surface area contributed by atoms with Crippen LogP contribution in [0.4, 0.5) is 0 Å². The lowest BCUT2D eigenvalue weighted by atomic mass is 9.94. The van der Waals surface area contributed by atoms with E-state index in [4.69, 9.17) is 4.74 Å². The predicted molar refractivity (Wildman–Crippen MR) is 90.4 cm³/mol. The van der Waals surface area contributed by atoms with Crippen molar-refractivity contribution >= 4 is 15.9 Å². The smallest absolute Gasteiger partial charge is 0.0472 e. The summed E-state index contributed by atoms with van der Waals surface area (Å²) in [5, 5.41) is 3.61. The normalized spacial score (nSPS) is 13.4. The standard InChI is InChI=1S/C17H28BrNO/c1-5-11-20-12-10-14(13-19-17(2,3)4)15-8-6-7-9-16(15)18/h6-9,14,19H,5,10-13H2,1-4H3. The van der Waals surface area contributed by atoms with Crippen LogP contribution in [0.25, 0.3) is 0 Å². The third-order valence-corrected chi connectivity index (χ3v) is 3.91. The SMILES string of the molecule is CCCOCCC(CNC(C)(C)C)c1ccccc1Br. The molecular formula is C17H28BrNO. The zero-order valence-corrected chi connectivity index (χ0v) is 14.8. The summed E-state index contributed by atoms with van der Waals surface area (Å²) in [5.74, 6) is 0.474. The number of hydrogen-bond donors (Lipinski definition) is 1. The highest BCUT2D eigenvalue weighted by molar-refractivity contribution is 9.10. The Morgan fingerprint density at radius 3 is 2.50 bits per heavy atom. The molecule has 1 N–H and O–H groups in total. The molecule has 1 aromatic carbocycles. The molecule has 1 atom stereocenters. The first-order chi connectivity index (χ1) is 9.44. The van der Waals surface area contributed by atoms with Crippen molar-refractivity contribution in [3.63, 3.8) is 0 Å². The van der Waals surface area contributed by atoms with E-state index in [2.05, 4.69) is 73.2 Å². The lowest BCUT2D eigenvalue weighted by molar-refractivity contribution is 0.126. The van der Waals surface area contributed by atoms with Crippen molar-refractivity contribution in [2.24, 2.45) is 0 Å². The summed E-state index contributed by atoms with van der Waals surface area (Å²) in [6.45, 7) is 11.4. The fourth-order valence-electron chi connectivity index (χ4n) is 2.08. The molecule has 0 aromatic heterocycles. The lowest BCUT2D eigenvalue weighted by Crippen LogP contribution is -2.38. The minimum Gasteiger partial charge on any atom is -0.381 e. The zero-order valence-electron chi connectivity index (χ0n) is 13.2. The molecule has 0 heterocycles. The van der Waals surface area contributed by atoms with Gasteiger partial charge in [-0.05, 0) is 51.2 Å². The average molecular weight is 342 g/mol. The van der Waals surface area contributed by atoms with Gasteiger partial charge in [0.1, 0.15) is 0 Å². The average Bonchev–Trinajstić information content (AvgIpc) is 2.38. The predicted octanol–water partition coefficient (Wildman–Crippen LogP) is 4.74. The molecule has 0 spiro atoms. The molecular weight excluding hydrogens is 314 g/mol. The summed E-state index contributed by atoms with van der Waals surface area (Å²) in [6.07, 6.45) is 2.13. The molecule has 1 rings (SSSR count). The Morgan fingerprint density at radius 2 is 1.90 bits per heavy atom. The largest absolute Gasteiger partial charge is 0.381 e. The van der Waals surface area contributed by atoms with Crippen LogP contribution in [0.3, 0.4) is 0 Å². The van der Waals surface area contributed by atoms with E-state index in [0.29, 0.717) is 5.92 Å². The zero-order chi connectivity index (χ0) is 15.0. The summed E-state index contributed by atoms with van der Waals surface area (Å²) >= 11 is 3.67. The molecule has 0 saturated carbocycles. The van der Waals surface area contributed by atoms with Gasteiger partial charge in [-0.25, -0.2) is 0 Å². The number of rotatable bonds is 8. The van der Waals surface area contributed by atoms with E-state index in [1.807, 2.05) is 0 Å². The van der Waals surface area contributed by atoms with Crippen molar-refractivity contribution in [1.29, 1.82) is 0 Å². The number of benzene rings is 1. The fraction of sp³-hybridized carbons (Fsp3) is 0.647. The first-order valence-electron chi connectivity index (χ1n) is 7.51. The van der Waals surface area contributed by atoms with Crippen LogP contribution in [0.2, 0.25) is 0 Å². The van der Waals surface area contributed by atoms with E-state index in [1.54, 1.807) is 0 Å². The number of nitrogens with one attached hydrogen (secondary N) is 1. The summed E-state index contributed by atoms with van der Waals surface area (Å²) in [5.41, 5.74) is 1.51. The van der Waals surface area contributed by atoms with Crippen LogP contribution < -0.4 is 5.32 Å². The highest BCUT2D eigenvalue weighted by Gasteiger charge is 2.17. The van der Waals surface area contributed by atoms with Gasteiger partial charge in [0.2, 0.25) is 0 Å². The number of ether oxygens (including phenoxy) is 1. The maximum absolute atomic E-state index is 5.66.